The topological polar surface area (TPSA) is 129 Å². The molecule has 12 heteroatoms. The van der Waals surface area contributed by atoms with Gasteiger partial charge in [0.05, 0.1) is 18.0 Å². The molecule has 0 spiro atoms. The normalized spacial score (nSPS) is 14.5. The highest BCUT2D eigenvalue weighted by molar-refractivity contribution is 7.92. The summed E-state index contributed by atoms with van der Waals surface area (Å²) in [7, 11) is -3.14. The number of anilines is 2. The number of methoxy groups -OCH3 is 1. The van der Waals surface area contributed by atoms with Gasteiger partial charge in [-0.05, 0) is 48.7 Å². The molecule has 1 fully saturated rings. The lowest BCUT2D eigenvalue weighted by atomic mass is 9.95. The molecule has 0 saturated heterocycles. The second-order valence-corrected chi connectivity index (χ2v) is 10.8. The van der Waals surface area contributed by atoms with Gasteiger partial charge in [0.1, 0.15) is 22.2 Å². The highest BCUT2D eigenvalue weighted by Gasteiger charge is 2.23. The van der Waals surface area contributed by atoms with Crippen LogP contribution in [0.15, 0.2) is 58.4 Å². The first-order valence-electron chi connectivity index (χ1n) is 12.0. The van der Waals surface area contributed by atoms with Gasteiger partial charge < -0.3 is 10.5 Å². The van der Waals surface area contributed by atoms with Crippen molar-refractivity contribution in [3.8, 4) is 17.0 Å². The van der Waals surface area contributed by atoms with Gasteiger partial charge in [0.2, 0.25) is 11.8 Å². The van der Waals surface area contributed by atoms with Crippen molar-refractivity contribution in [2.24, 2.45) is 0 Å². The number of nitrogens with zero attached hydrogens (tertiary/aromatic N) is 3. The molecule has 0 atom stereocenters. The Morgan fingerprint density at radius 2 is 1.82 bits per heavy atom. The molecule has 9 nitrogen and oxygen atoms in total. The fourth-order valence-electron chi connectivity index (χ4n) is 4.83. The highest BCUT2D eigenvalue weighted by atomic mass is 32.2. The Morgan fingerprint density at radius 3 is 2.53 bits per heavy atom. The van der Waals surface area contributed by atoms with Gasteiger partial charge in [-0.25, -0.2) is 27.2 Å². The zero-order valence-corrected chi connectivity index (χ0v) is 21.3. The number of nitrogen functional groups attached to an aromatic ring is 1. The van der Waals surface area contributed by atoms with E-state index < -0.39 is 26.6 Å². The second-order valence-electron chi connectivity index (χ2n) is 9.13. The molecule has 1 aliphatic rings. The van der Waals surface area contributed by atoms with Crippen LogP contribution >= 0.6 is 0 Å². The summed E-state index contributed by atoms with van der Waals surface area (Å²) >= 11 is 0. The zero-order chi connectivity index (χ0) is 27.0. The lowest BCUT2D eigenvalue weighted by molar-refractivity contribution is 0.349. The summed E-state index contributed by atoms with van der Waals surface area (Å²) in [4.78, 5) is 21.3. The summed E-state index contributed by atoms with van der Waals surface area (Å²) in [6, 6.07) is 8.64. The SMILES string of the molecule is COc1ncc(-c2ccc3nc(N)n(C4CCCCC4)c(=O)c3c2)cc1NS(=O)(=O)c1ccc(F)cc1F. The van der Waals surface area contributed by atoms with Gasteiger partial charge in [0, 0.05) is 23.9 Å². The number of fused-ring (bicyclic) bond motifs is 1. The minimum atomic E-state index is -4.45. The van der Waals surface area contributed by atoms with Gasteiger partial charge in [-0.2, -0.15) is 0 Å². The number of rotatable bonds is 6. The van der Waals surface area contributed by atoms with Crippen molar-refractivity contribution in [1.82, 2.24) is 14.5 Å². The summed E-state index contributed by atoms with van der Waals surface area (Å²) < 4.78 is 62.2. The third-order valence-electron chi connectivity index (χ3n) is 6.67. The number of hydrogen-bond acceptors (Lipinski definition) is 7. The molecular formula is C26H25F2N5O4S. The molecule has 2 aromatic carbocycles. The monoisotopic (exact) mass is 541 g/mol. The third kappa shape index (κ3) is 4.78. The summed E-state index contributed by atoms with van der Waals surface area (Å²) in [6.07, 6.45) is 6.34. The van der Waals surface area contributed by atoms with Crippen LogP contribution in [0.2, 0.25) is 0 Å². The predicted molar refractivity (Wildman–Crippen MR) is 139 cm³/mol. The molecule has 5 rings (SSSR count). The first-order valence-corrected chi connectivity index (χ1v) is 13.5. The Morgan fingerprint density at radius 1 is 1.05 bits per heavy atom. The fourth-order valence-corrected chi connectivity index (χ4v) is 5.93. The van der Waals surface area contributed by atoms with Crippen LogP contribution in [0.25, 0.3) is 22.0 Å². The van der Waals surface area contributed by atoms with Crippen LogP contribution in [0.5, 0.6) is 5.88 Å². The highest BCUT2D eigenvalue weighted by Crippen LogP contribution is 2.33. The first-order chi connectivity index (χ1) is 18.2. The van der Waals surface area contributed by atoms with Crippen LogP contribution in [-0.4, -0.2) is 30.1 Å². The predicted octanol–water partition coefficient (Wildman–Crippen LogP) is 4.63. The Hall–Kier alpha value is -4.06. The maximum Gasteiger partial charge on any atom is 0.264 e. The van der Waals surface area contributed by atoms with E-state index in [9.17, 15) is 22.0 Å². The summed E-state index contributed by atoms with van der Waals surface area (Å²) in [6.45, 7) is 0. The molecule has 198 valence electrons. The number of aromatic nitrogens is 3. The van der Waals surface area contributed by atoms with Crippen LogP contribution in [0, 0.1) is 11.6 Å². The molecule has 0 radical (unpaired) electrons. The van der Waals surface area contributed by atoms with Crippen LogP contribution in [0.3, 0.4) is 0 Å². The van der Waals surface area contributed by atoms with Crippen LogP contribution < -0.4 is 20.8 Å². The van der Waals surface area contributed by atoms with E-state index in [0.29, 0.717) is 28.1 Å². The maximum absolute atomic E-state index is 14.2. The number of pyridine rings is 1. The van der Waals surface area contributed by atoms with Crippen molar-refractivity contribution in [3.63, 3.8) is 0 Å². The van der Waals surface area contributed by atoms with Crippen LogP contribution in [-0.2, 0) is 10.0 Å². The molecule has 38 heavy (non-hydrogen) atoms. The van der Waals surface area contributed by atoms with E-state index in [1.807, 2.05) is 0 Å². The standard InChI is InChI=1S/C26H25F2N5O4S/c1-37-24-22(32-38(35,36)23-10-8-17(27)13-20(23)28)12-16(14-30-24)15-7-9-21-19(11-15)25(34)33(26(29)31-21)18-5-3-2-4-6-18/h7-14,18,32H,2-6H2,1H3,(H2,29,31). The van der Waals surface area contributed by atoms with Gasteiger partial charge in [-0.3, -0.25) is 14.1 Å². The molecule has 0 aliphatic heterocycles. The maximum atomic E-state index is 14.2. The molecule has 2 aromatic heterocycles. The average Bonchev–Trinajstić information content (AvgIpc) is 2.88. The van der Waals surface area contributed by atoms with E-state index >= 15 is 0 Å². The van der Waals surface area contributed by atoms with Crippen molar-refractivity contribution < 1.29 is 21.9 Å². The van der Waals surface area contributed by atoms with Crippen molar-refractivity contribution in [2.45, 2.75) is 43.0 Å². The summed E-state index contributed by atoms with van der Waals surface area (Å²) in [5.41, 5.74) is 7.33. The number of nitrogens with one attached hydrogen (secondary N) is 1. The lowest BCUT2D eigenvalue weighted by Gasteiger charge is -2.25. The lowest BCUT2D eigenvalue weighted by Crippen LogP contribution is -2.29. The Bertz CT molecular complexity index is 1700. The Kier molecular flexibility index (Phi) is 6.74. The molecule has 4 aromatic rings. The number of sulfonamides is 1. The van der Waals surface area contributed by atoms with E-state index in [0.717, 1.165) is 44.2 Å². The summed E-state index contributed by atoms with van der Waals surface area (Å²) in [5.74, 6) is -2.03. The fraction of sp³-hybridized carbons (Fsp3) is 0.269. The van der Waals surface area contributed by atoms with Crippen molar-refractivity contribution in [2.75, 3.05) is 17.6 Å². The number of hydrogen-bond donors (Lipinski definition) is 2. The zero-order valence-electron chi connectivity index (χ0n) is 20.4. The van der Waals surface area contributed by atoms with E-state index in [4.69, 9.17) is 10.5 Å². The van der Waals surface area contributed by atoms with Crippen molar-refractivity contribution >= 4 is 32.6 Å². The number of halogens is 2. The molecule has 1 aliphatic carbocycles. The molecule has 0 amide bonds. The average molecular weight is 542 g/mol. The van der Waals surface area contributed by atoms with E-state index in [-0.39, 0.29) is 29.1 Å². The van der Waals surface area contributed by atoms with E-state index in [2.05, 4.69) is 14.7 Å². The van der Waals surface area contributed by atoms with Gasteiger partial charge in [-0.1, -0.05) is 25.3 Å². The van der Waals surface area contributed by atoms with Crippen molar-refractivity contribution in [3.05, 3.63) is 70.6 Å². The first kappa shape index (κ1) is 25.6. The van der Waals surface area contributed by atoms with Crippen LogP contribution in [0.1, 0.15) is 38.1 Å². The van der Waals surface area contributed by atoms with E-state index in [1.54, 1.807) is 22.8 Å². The number of nitrogens with two attached hydrogens (primary N) is 1. The molecular weight excluding hydrogens is 516 g/mol. The second kappa shape index (κ2) is 10.0. The smallest absolute Gasteiger partial charge is 0.264 e. The minimum absolute atomic E-state index is 0.00711. The molecule has 1 saturated carbocycles. The summed E-state index contributed by atoms with van der Waals surface area (Å²) in [5, 5.41) is 0.369. The molecule has 3 N–H and O–H groups in total. The third-order valence-corrected chi connectivity index (χ3v) is 8.07. The van der Waals surface area contributed by atoms with Gasteiger partial charge in [0.15, 0.2) is 0 Å². The van der Waals surface area contributed by atoms with Crippen molar-refractivity contribution in [1.29, 1.82) is 0 Å². The van der Waals surface area contributed by atoms with Gasteiger partial charge in [-0.15, -0.1) is 0 Å². The van der Waals surface area contributed by atoms with Gasteiger partial charge >= 0.3 is 0 Å². The van der Waals surface area contributed by atoms with Crippen LogP contribution in [0.4, 0.5) is 20.4 Å². The Balaban J connectivity index is 1.56. The quantitative estimate of drug-likeness (QED) is 0.364. The Labute approximate surface area is 217 Å². The molecule has 0 bridgehead atoms. The molecule has 0 unspecified atom stereocenters. The molecule has 2 heterocycles. The minimum Gasteiger partial charge on any atom is -0.480 e. The van der Waals surface area contributed by atoms with E-state index in [1.165, 1.54) is 19.4 Å². The van der Waals surface area contributed by atoms with Gasteiger partial charge in [0.25, 0.3) is 15.6 Å². The number of benzene rings is 2. The largest absolute Gasteiger partial charge is 0.480 e. The number of ether oxygens (including phenoxy) is 1.